The maximum absolute atomic E-state index is 12.4. The molecule has 0 spiro atoms. The number of halogens is 3. The van der Waals surface area contributed by atoms with Crippen molar-refractivity contribution in [3.8, 4) is 0 Å². The van der Waals surface area contributed by atoms with Crippen molar-refractivity contribution in [1.82, 2.24) is 14.9 Å². The molecule has 0 aromatic carbocycles. The van der Waals surface area contributed by atoms with Crippen LogP contribution < -0.4 is 0 Å². The second kappa shape index (κ2) is 7.98. The molecule has 1 aromatic heterocycles. The van der Waals surface area contributed by atoms with E-state index in [2.05, 4.69) is 23.0 Å². The average molecular weight is 513 g/mol. The monoisotopic (exact) mass is 513 g/mol. The van der Waals surface area contributed by atoms with E-state index < -0.39 is 25.1 Å². The van der Waals surface area contributed by atoms with Crippen LogP contribution in [0.15, 0.2) is 12.1 Å². The van der Waals surface area contributed by atoms with Gasteiger partial charge in [-0.1, -0.05) is 0 Å². The van der Waals surface area contributed by atoms with Gasteiger partial charge in [-0.2, -0.15) is 0 Å². The Bertz CT molecular complexity index is 643. The van der Waals surface area contributed by atoms with E-state index in [1.807, 2.05) is 0 Å². The van der Waals surface area contributed by atoms with E-state index in [-0.39, 0.29) is 10.0 Å². The van der Waals surface area contributed by atoms with E-state index in [0.29, 0.717) is 38.9 Å². The molecule has 1 N–H and O–H groups in total. The maximum atomic E-state index is 12.4. The van der Waals surface area contributed by atoms with E-state index in [0.717, 1.165) is 11.4 Å². The first-order chi connectivity index (χ1) is 11.3. The zero-order valence-electron chi connectivity index (χ0n) is 12.5. The molecule has 1 aliphatic rings. The minimum absolute atomic E-state index is 0.0852. The van der Waals surface area contributed by atoms with Crippen molar-refractivity contribution in [1.29, 1.82) is 0 Å². The Balaban J connectivity index is 1.87. The molecule has 1 amide bonds. The summed E-state index contributed by atoms with van der Waals surface area (Å²) in [6, 6.07) is 0. The third kappa shape index (κ3) is 5.21. The molecule has 0 atom stereocenters. The molecule has 2 heterocycles. The van der Waals surface area contributed by atoms with Gasteiger partial charge in [-0.15, -0.1) is 0 Å². The summed E-state index contributed by atoms with van der Waals surface area (Å²) in [6.07, 6.45) is -0.863. The Morgan fingerprint density at radius 1 is 1.54 bits per heavy atom. The Kier molecular flexibility index (Phi) is 6.23. The van der Waals surface area contributed by atoms with Crippen LogP contribution in [0.25, 0.3) is 0 Å². The fraction of sp³-hybridized carbons (Fsp3) is 0.429. The zero-order valence-corrected chi connectivity index (χ0v) is 15.4. The van der Waals surface area contributed by atoms with Crippen LogP contribution in [0.5, 0.6) is 0 Å². The number of H-pyrrole nitrogens is 1. The molecule has 0 radical (unpaired) electrons. The summed E-state index contributed by atoms with van der Waals surface area (Å²) < 4.78 is 46.2. The third-order valence-corrected chi connectivity index (χ3v) is 3.93. The van der Waals surface area contributed by atoms with Gasteiger partial charge in [0.05, 0.1) is 0 Å². The zero-order chi connectivity index (χ0) is 17.7. The number of amides is 1. The second-order valence-corrected chi connectivity index (χ2v) is 6.07. The van der Waals surface area contributed by atoms with Gasteiger partial charge >= 0.3 is 147 Å². The second-order valence-electron chi connectivity index (χ2n) is 4.88. The molecule has 10 heteroatoms. The quantitative estimate of drug-likeness (QED) is 0.356. The fourth-order valence-electron chi connectivity index (χ4n) is 2.05. The number of nitrogens with zero attached hydrogens (tertiary/aromatic N) is 2. The number of rotatable bonds is 6. The summed E-state index contributed by atoms with van der Waals surface area (Å²) in [5.74, 6) is -0.654. The number of carbonyl (C=O) groups is 1. The molecule has 0 saturated carbocycles. The SMILES string of the molecule is [CH2-][C-]=C(O[C](=[W])OCCC(F)(F)F)C(=O)N1CCc2nc[nH]c2C1. The number of aromatic amines is 1. The van der Waals surface area contributed by atoms with Gasteiger partial charge in [0.15, 0.2) is 0 Å². The Labute approximate surface area is 147 Å². The molecule has 0 fully saturated rings. The Morgan fingerprint density at radius 3 is 2.96 bits per heavy atom. The van der Waals surface area contributed by atoms with Crippen LogP contribution in [0.1, 0.15) is 17.8 Å². The van der Waals surface area contributed by atoms with Crippen LogP contribution in [0.4, 0.5) is 13.2 Å². The van der Waals surface area contributed by atoms with Gasteiger partial charge in [0, 0.05) is 0 Å². The van der Waals surface area contributed by atoms with Gasteiger partial charge in [0.1, 0.15) is 0 Å². The van der Waals surface area contributed by atoms with Crippen molar-refractivity contribution >= 4 is 10.2 Å². The van der Waals surface area contributed by atoms with Crippen LogP contribution in [0.2, 0.25) is 0 Å². The summed E-state index contributed by atoms with van der Waals surface area (Å²) in [6.45, 7) is 3.61. The van der Waals surface area contributed by atoms with Crippen molar-refractivity contribution in [2.45, 2.75) is 25.6 Å². The third-order valence-electron chi connectivity index (χ3n) is 3.21. The molecule has 0 aliphatic carbocycles. The van der Waals surface area contributed by atoms with Gasteiger partial charge in [0.2, 0.25) is 0 Å². The van der Waals surface area contributed by atoms with Crippen LogP contribution in [0, 0.1) is 13.0 Å². The topological polar surface area (TPSA) is 67.5 Å². The Morgan fingerprint density at radius 2 is 2.29 bits per heavy atom. The Hall–Kier alpha value is -1.60. The summed E-state index contributed by atoms with van der Waals surface area (Å²) >= 11 is 0.655. The van der Waals surface area contributed by atoms with Gasteiger partial charge in [-0.3, -0.25) is 0 Å². The molecule has 0 saturated heterocycles. The van der Waals surface area contributed by atoms with Gasteiger partial charge < -0.3 is 0 Å². The number of allylic oxidation sites excluding steroid dienone is 1. The number of alkyl halides is 3. The van der Waals surface area contributed by atoms with E-state index >= 15 is 0 Å². The van der Waals surface area contributed by atoms with Crippen LogP contribution in [-0.4, -0.2) is 44.4 Å². The van der Waals surface area contributed by atoms with Crippen molar-refractivity contribution < 1.29 is 46.8 Å². The first-order valence-electron chi connectivity index (χ1n) is 6.92. The molecule has 2 rings (SSSR count). The summed E-state index contributed by atoms with van der Waals surface area (Å²) in [5.41, 5.74) is 1.75. The number of hydrogen-bond donors (Lipinski definition) is 1. The first-order valence-corrected chi connectivity index (χ1v) is 8.38. The molecule has 0 bridgehead atoms. The minimum atomic E-state index is -4.31. The van der Waals surface area contributed by atoms with Crippen LogP contribution >= 0.6 is 0 Å². The van der Waals surface area contributed by atoms with E-state index in [1.165, 1.54) is 4.90 Å². The van der Waals surface area contributed by atoms with Gasteiger partial charge in [-0.25, -0.2) is 0 Å². The molecular weight excluding hydrogens is 499 g/mol. The van der Waals surface area contributed by atoms with Gasteiger partial charge in [0.25, 0.3) is 0 Å². The standard InChI is InChI=1S/C14H14F3N3O3.W/c1-2-12(23-9-22-6-4-14(15,16)17)13(21)20-5-3-10-11(7-20)19-8-18-10;/h8H,1,3-7H2,(H,18,19);/q-2;. The molecule has 132 valence electrons. The number of imidazole rings is 1. The summed E-state index contributed by atoms with van der Waals surface area (Å²) in [4.78, 5) is 21.0. The van der Waals surface area contributed by atoms with Crippen LogP contribution in [-0.2, 0) is 46.6 Å². The molecule has 1 aromatic rings. The van der Waals surface area contributed by atoms with Crippen molar-refractivity contribution in [2.75, 3.05) is 13.2 Å². The predicted octanol–water partition coefficient (Wildman–Crippen LogP) is 1.44. The summed E-state index contributed by atoms with van der Waals surface area (Å²) in [7, 11) is 0. The van der Waals surface area contributed by atoms with E-state index in [4.69, 9.17) is 9.47 Å². The van der Waals surface area contributed by atoms with Crippen molar-refractivity contribution in [3.63, 3.8) is 0 Å². The van der Waals surface area contributed by atoms with Gasteiger partial charge in [-0.05, 0) is 0 Å². The molecule has 1 aliphatic heterocycles. The summed E-state index contributed by atoms with van der Waals surface area (Å²) in [5, 5.41) is 0. The number of nitrogens with one attached hydrogen (secondary N) is 1. The number of carbonyl (C=O) groups excluding carboxylic acids is 1. The number of fused-ring (bicyclic) bond motifs is 1. The number of hydrogen-bond acceptors (Lipinski definition) is 4. The number of aromatic nitrogens is 2. The molecular formula is C14H14F3N3O3W-2. The molecule has 24 heavy (non-hydrogen) atoms. The molecule has 6 nitrogen and oxygen atoms in total. The first kappa shape index (κ1) is 18.7. The fourth-order valence-corrected chi connectivity index (χ4v) is 2.65. The van der Waals surface area contributed by atoms with Crippen LogP contribution in [0.3, 0.4) is 0 Å². The molecule has 0 unspecified atom stereocenters. The predicted molar refractivity (Wildman–Crippen MR) is 72.5 cm³/mol. The van der Waals surface area contributed by atoms with E-state index in [1.54, 1.807) is 6.33 Å². The van der Waals surface area contributed by atoms with Crippen molar-refractivity contribution in [2.24, 2.45) is 0 Å². The normalized spacial score (nSPS) is 15.1. The average Bonchev–Trinajstić information content (AvgIpc) is 2.98. The van der Waals surface area contributed by atoms with E-state index in [9.17, 15) is 18.0 Å². The number of ether oxygens (including phenoxy) is 2. The van der Waals surface area contributed by atoms with Crippen molar-refractivity contribution in [3.05, 3.63) is 36.5 Å².